The first-order valence-electron chi connectivity index (χ1n) is 17.8. The Labute approximate surface area is 369 Å². The topological polar surface area (TPSA) is 0 Å². The molecule has 0 N–H and O–H groups in total. The predicted molar refractivity (Wildman–Crippen MR) is 275 cm³/mol. The number of rotatable bonds is 3. The summed E-state index contributed by atoms with van der Waals surface area (Å²) in [5.41, 5.74) is 0.289. The number of benzene rings is 8. The zero-order chi connectivity index (χ0) is 43.0. The van der Waals surface area contributed by atoms with E-state index in [0.29, 0.717) is 16.5 Å². The van der Waals surface area contributed by atoms with Crippen molar-refractivity contribution in [3.63, 3.8) is 0 Å². The summed E-state index contributed by atoms with van der Waals surface area (Å²) >= 11 is 0. The van der Waals surface area contributed by atoms with Crippen LogP contribution in [0.15, 0.2) is 42.5 Å². The van der Waals surface area contributed by atoms with Crippen molar-refractivity contribution in [1.82, 2.24) is 0 Å². The molecule has 38 radical (unpaired) electrons. The summed E-state index contributed by atoms with van der Waals surface area (Å²) in [5.74, 6) is 0. The number of hydrogen-bond acceptors (Lipinski definition) is 0. The van der Waals surface area contributed by atoms with Crippen LogP contribution in [-0.2, 0) is 0 Å². The van der Waals surface area contributed by atoms with E-state index in [2.05, 4.69) is 0 Å². The van der Waals surface area contributed by atoms with Gasteiger partial charge in [0.15, 0.2) is 0 Å². The van der Waals surface area contributed by atoms with Gasteiger partial charge in [-0.3, -0.25) is 0 Å². The minimum Gasteiger partial charge on any atom is -0.112 e. The average molecular weight is 693 g/mol. The van der Waals surface area contributed by atoms with E-state index in [-0.39, 0.29) is 153 Å². The molecule has 0 fully saturated rings. The van der Waals surface area contributed by atoms with Gasteiger partial charge in [-0.1, -0.05) is 91.0 Å². The first kappa shape index (κ1) is 41.8. The van der Waals surface area contributed by atoms with Gasteiger partial charge in [-0.05, 0) is 82.5 Å². The van der Waals surface area contributed by atoms with Crippen LogP contribution in [0.3, 0.4) is 0 Å². The largest absolute Gasteiger partial charge is 0.113 e. The van der Waals surface area contributed by atoms with E-state index in [1.54, 1.807) is 0 Å². The molecular formula is C40H7B19. The van der Waals surface area contributed by atoms with Crippen molar-refractivity contribution in [2.75, 3.05) is 0 Å². The first-order chi connectivity index (χ1) is 27.8. The molecule has 0 nitrogen and oxygen atoms in total. The molecule has 0 aromatic heterocycles. The zero-order valence-electron chi connectivity index (χ0n) is 31.5. The highest BCUT2D eigenvalue weighted by molar-refractivity contribution is 6.75. The molecule has 0 aliphatic heterocycles. The third-order valence-corrected chi connectivity index (χ3v) is 11.5. The van der Waals surface area contributed by atoms with Crippen molar-refractivity contribution in [1.29, 1.82) is 0 Å². The summed E-state index contributed by atoms with van der Waals surface area (Å²) in [6.45, 7) is 0. The van der Waals surface area contributed by atoms with Crippen LogP contribution in [0.1, 0.15) is 0 Å². The second kappa shape index (κ2) is 14.6. The molecule has 0 heterocycles. The Hall–Kier alpha value is -3.97. The summed E-state index contributed by atoms with van der Waals surface area (Å²) in [5, 5.41) is 2.81. The highest BCUT2D eigenvalue weighted by atomic mass is 14.3. The Morgan fingerprint density at radius 3 is 0.881 bits per heavy atom. The third kappa shape index (κ3) is 5.71. The summed E-state index contributed by atoms with van der Waals surface area (Å²) in [4.78, 5) is 0. The van der Waals surface area contributed by atoms with Crippen LogP contribution in [0.4, 0.5) is 0 Å². The fraction of sp³-hybridized carbons (Fsp3) is 0. The normalized spacial score (nSPS) is 11.7. The van der Waals surface area contributed by atoms with E-state index < -0.39 is 0 Å². The molecule has 0 unspecified atom stereocenters. The Morgan fingerprint density at radius 2 is 0.475 bits per heavy atom. The van der Waals surface area contributed by atoms with Gasteiger partial charge in [-0.2, -0.15) is 0 Å². The Morgan fingerprint density at radius 1 is 0.203 bits per heavy atom. The second-order valence-corrected chi connectivity index (χ2v) is 14.5. The van der Waals surface area contributed by atoms with Crippen molar-refractivity contribution < 1.29 is 0 Å². The van der Waals surface area contributed by atoms with E-state index >= 15 is 0 Å². The third-order valence-electron chi connectivity index (χ3n) is 11.5. The molecule has 59 heavy (non-hydrogen) atoms. The van der Waals surface area contributed by atoms with Gasteiger partial charge in [0.2, 0.25) is 0 Å². The molecule has 8 aromatic carbocycles. The van der Waals surface area contributed by atoms with Crippen LogP contribution < -0.4 is 104 Å². The van der Waals surface area contributed by atoms with Gasteiger partial charge in [0.1, 0.15) is 149 Å². The molecule has 0 atom stereocenters. The molecule has 0 aliphatic rings. The maximum Gasteiger partial charge on any atom is 0.113 e. The standard InChI is InChI=1S/C40H7B19/c41-22-11(10-6-5-8-3-1-2-4-9(8)7-10)14-20(29(48)37(56)32(51)24(14)43)17(23(22)42)12-15-18(27(46)35(54)33(52)25(15)44)13(19-16(12)26(45)34(53)36(55)28(19)47)21-30(49)38(57)40(59)39(58)31(21)50/h1-7H. The average Bonchev–Trinajstić information content (AvgIpc) is 3.23. The van der Waals surface area contributed by atoms with E-state index in [1.807, 2.05) is 42.5 Å². The van der Waals surface area contributed by atoms with Gasteiger partial charge in [-0.15, -0.1) is 49.2 Å². The lowest BCUT2D eigenvalue weighted by molar-refractivity contribution is 1.73. The maximum absolute atomic E-state index is 7.25. The lowest BCUT2D eigenvalue weighted by atomic mass is 9.55. The summed E-state index contributed by atoms with van der Waals surface area (Å²) in [7, 11) is 128. The van der Waals surface area contributed by atoms with Gasteiger partial charge in [0, 0.05) is 0 Å². The molecule has 0 bridgehead atoms. The minimum atomic E-state index is -0.103. The van der Waals surface area contributed by atoms with Gasteiger partial charge < -0.3 is 0 Å². The van der Waals surface area contributed by atoms with Crippen molar-refractivity contribution >= 4 is 296 Å². The molecule has 224 valence electrons. The monoisotopic (exact) mass is 696 g/mol. The highest BCUT2D eigenvalue weighted by Crippen LogP contribution is 2.42. The van der Waals surface area contributed by atoms with Crippen LogP contribution >= 0.6 is 0 Å². The number of hydrogen-bond donors (Lipinski definition) is 0. The summed E-state index contributed by atoms with van der Waals surface area (Å²) in [6.07, 6.45) is 0. The lowest BCUT2D eigenvalue weighted by Crippen LogP contribution is -2.55. The van der Waals surface area contributed by atoms with Crippen LogP contribution in [0.25, 0.3) is 76.5 Å². The van der Waals surface area contributed by atoms with Crippen molar-refractivity contribution in [3.8, 4) is 33.4 Å². The van der Waals surface area contributed by atoms with E-state index in [1.165, 1.54) is 0 Å². The minimum absolute atomic E-state index is 0.00301. The quantitative estimate of drug-likeness (QED) is 0.128. The molecule has 0 saturated heterocycles. The van der Waals surface area contributed by atoms with E-state index in [0.717, 1.165) is 10.8 Å². The number of fused-ring (bicyclic) bond motifs is 4. The van der Waals surface area contributed by atoms with Gasteiger partial charge >= 0.3 is 0 Å². The fourth-order valence-corrected chi connectivity index (χ4v) is 8.36. The Balaban J connectivity index is 1.76. The zero-order valence-corrected chi connectivity index (χ0v) is 31.5. The van der Waals surface area contributed by atoms with Gasteiger partial charge in [-0.25, -0.2) is 0 Å². The smallest absolute Gasteiger partial charge is 0.112 e. The molecule has 0 aliphatic carbocycles. The van der Waals surface area contributed by atoms with Crippen molar-refractivity contribution in [2.45, 2.75) is 0 Å². The molecule has 0 amide bonds. The Bertz CT molecular complexity index is 3150. The molecule has 0 spiro atoms. The predicted octanol–water partition coefficient (Wildman–Crippen LogP) is -11.6. The molecule has 19 heteroatoms. The van der Waals surface area contributed by atoms with Crippen molar-refractivity contribution in [3.05, 3.63) is 42.5 Å². The van der Waals surface area contributed by atoms with Gasteiger partial charge in [0.05, 0.1) is 0 Å². The van der Waals surface area contributed by atoms with E-state index in [9.17, 15) is 0 Å². The summed E-state index contributed by atoms with van der Waals surface area (Å²) < 4.78 is 0. The van der Waals surface area contributed by atoms with Gasteiger partial charge in [0.25, 0.3) is 0 Å². The fourth-order valence-electron chi connectivity index (χ4n) is 8.36. The van der Waals surface area contributed by atoms with Crippen molar-refractivity contribution in [2.24, 2.45) is 0 Å². The molecule has 8 rings (SSSR count). The maximum atomic E-state index is 7.25. The molecular weight excluding hydrogens is 686 g/mol. The molecule has 8 aromatic rings. The SMILES string of the molecule is [B]c1c([B])c([B])c(-c2c3c([B])c([B])c([B])c([B])c3c(-c3c([B])c([B])c(-c4ccc5ccccc5c4)c4c([B])c([B])c([B])c([B])c34)c3c([B])c([B])c([B])c([B])c23)c([B])c1[B]. The lowest BCUT2D eigenvalue weighted by Gasteiger charge is -2.33. The second-order valence-electron chi connectivity index (χ2n) is 14.5. The van der Waals surface area contributed by atoms with Crippen LogP contribution in [0, 0.1) is 0 Å². The van der Waals surface area contributed by atoms with Crippen LogP contribution in [-0.4, -0.2) is 149 Å². The first-order valence-corrected chi connectivity index (χ1v) is 17.8. The van der Waals surface area contributed by atoms with Crippen LogP contribution in [0.2, 0.25) is 0 Å². The Kier molecular flexibility index (Phi) is 10.3. The summed E-state index contributed by atoms with van der Waals surface area (Å²) in [6, 6.07) is 13.5. The molecule has 0 saturated carbocycles. The van der Waals surface area contributed by atoms with Crippen LogP contribution in [0.5, 0.6) is 0 Å². The highest BCUT2D eigenvalue weighted by Gasteiger charge is 2.30. The van der Waals surface area contributed by atoms with E-state index in [4.69, 9.17) is 149 Å².